The van der Waals surface area contributed by atoms with Crippen LogP contribution in [0.25, 0.3) is 22.5 Å². The summed E-state index contributed by atoms with van der Waals surface area (Å²) < 4.78 is 30.4. The molecular formula is C23H20ClN3O4S. The van der Waals surface area contributed by atoms with Gasteiger partial charge in [-0.1, -0.05) is 47.5 Å². The zero-order chi connectivity index (χ0) is 23.0. The van der Waals surface area contributed by atoms with E-state index in [1.54, 1.807) is 30.1 Å². The fourth-order valence-electron chi connectivity index (χ4n) is 3.37. The molecule has 0 amide bonds. The van der Waals surface area contributed by atoms with Crippen molar-refractivity contribution in [1.29, 1.82) is 0 Å². The van der Waals surface area contributed by atoms with Gasteiger partial charge >= 0.3 is 0 Å². The molecule has 9 heteroatoms. The SMILES string of the molecule is Cc1cccc(-c2ccc(O)c(NS(=O)(=O)c3cc(-c4nccn4C)cc(Cl)c3O)c2)c1. The summed E-state index contributed by atoms with van der Waals surface area (Å²) in [5.74, 6) is -0.366. The van der Waals surface area contributed by atoms with Gasteiger partial charge in [0.2, 0.25) is 0 Å². The van der Waals surface area contributed by atoms with E-state index in [4.69, 9.17) is 11.6 Å². The summed E-state index contributed by atoms with van der Waals surface area (Å²) in [5, 5.41) is 20.5. The van der Waals surface area contributed by atoms with Crippen LogP contribution in [-0.2, 0) is 17.1 Å². The predicted octanol–water partition coefficient (Wildman–Crippen LogP) is 4.93. The van der Waals surface area contributed by atoms with Crippen molar-refractivity contribution in [2.75, 3.05) is 4.72 Å². The van der Waals surface area contributed by atoms with Gasteiger partial charge in [0.05, 0.1) is 10.7 Å². The number of hydrogen-bond acceptors (Lipinski definition) is 5. The van der Waals surface area contributed by atoms with E-state index in [0.717, 1.165) is 11.1 Å². The summed E-state index contributed by atoms with van der Waals surface area (Å²) >= 11 is 6.12. The van der Waals surface area contributed by atoms with Crippen LogP contribution < -0.4 is 4.72 Å². The molecule has 0 aliphatic rings. The highest BCUT2D eigenvalue weighted by molar-refractivity contribution is 7.92. The van der Waals surface area contributed by atoms with Crippen LogP contribution in [0.4, 0.5) is 5.69 Å². The van der Waals surface area contributed by atoms with Crippen molar-refractivity contribution in [1.82, 2.24) is 9.55 Å². The molecule has 0 unspecified atom stereocenters. The van der Waals surface area contributed by atoms with Gasteiger partial charge in [-0.05, 0) is 42.3 Å². The van der Waals surface area contributed by atoms with E-state index < -0.39 is 20.7 Å². The average Bonchev–Trinajstić information content (AvgIpc) is 3.17. The molecule has 0 saturated carbocycles. The summed E-state index contributed by atoms with van der Waals surface area (Å²) in [6.45, 7) is 1.95. The minimum Gasteiger partial charge on any atom is -0.506 e. The normalized spacial score (nSPS) is 11.5. The Morgan fingerprint density at radius 1 is 1.00 bits per heavy atom. The zero-order valence-corrected chi connectivity index (χ0v) is 18.8. The lowest BCUT2D eigenvalue weighted by Gasteiger charge is -2.14. The first-order valence-corrected chi connectivity index (χ1v) is 11.4. The number of aryl methyl sites for hydroxylation is 2. The third-order valence-corrected chi connectivity index (χ3v) is 6.66. The highest BCUT2D eigenvalue weighted by atomic mass is 35.5. The zero-order valence-electron chi connectivity index (χ0n) is 17.2. The quantitative estimate of drug-likeness (QED) is 0.359. The highest BCUT2D eigenvalue weighted by Crippen LogP contribution is 2.38. The average molecular weight is 470 g/mol. The Kier molecular flexibility index (Phi) is 5.58. The molecule has 0 bridgehead atoms. The molecule has 1 heterocycles. The number of hydrogen-bond donors (Lipinski definition) is 3. The van der Waals surface area contributed by atoms with E-state index in [-0.39, 0.29) is 16.5 Å². The number of anilines is 1. The van der Waals surface area contributed by atoms with Crippen molar-refractivity contribution in [2.45, 2.75) is 11.8 Å². The Labute approximate surface area is 190 Å². The monoisotopic (exact) mass is 469 g/mol. The molecule has 0 fully saturated rings. The number of sulfonamides is 1. The van der Waals surface area contributed by atoms with Crippen molar-refractivity contribution in [3.05, 3.63) is 77.6 Å². The first-order valence-electron chi connectivity index (χ1n) is 9.59. The molecule has 3 aromatic carbocycles. The van der Waals surface area contributed by atoms with Gasteiger partial charge in [0.1, 0.15) is 16.5 Å². The fraction of sp³-hybridized carbons (Fsp3) is 0.0870. The standard InChI is InChI=1S/C23H20ClN3O4S/c1-14-4-3-5-15(10-14)16-6-7-20(28)19(12-16)26-32(30,31)21-13-17(11-18(24)22(21)29)23-25-8-9-27(23)2/h3-13,26,28-29H,1-2H3. The van der Waals surface area contributed by atoms with Gasteiger partial charge in [0.15, 0.2) is 5.75 Å². The van der Waals surface area contributed by atoms with Crippen molar-refractivity contribution in [3.63, 3.8) is 0 Å². The van der Waals surface area contributed by atoms with E-state index in [1.165, 1.54) is 24.3 Å². The third-order valence-electron chi connectivity index (χ3n) is 4.99. The summed E-state index contributed by atoms with van der Waals surface area (Å²) in [6.07, 6.45) is 3.27. The van der Waals surface area contributed by atoms with Crippen LogP contribution >= 0.6 is 11.6 Å². The minimum absolute atomic E-state index is 0.0260. The van der Waals surface area contributed by atoms with Crippen molar-refractivity contribution in [3.8, 4) is 34.0 Å². The smallest absolute Gasteiger partial charge is 0.265 e. The lowest BCUT2D eigenvalue weighted by atomic mass is 10.0. The number of aromatic hydroxyl groups is 2. The number of nitrogens with one attached hydrogen (secondary N) is 1. The number of rotatable bonds is 5. The Morgan fingerprint density at radius 2 is 1.75 bits per heavy atom. The summed E-state index contributed by atoms with van der Waals surface area (Å²) in [4.78, 5) is 3.77. The van der Waals surface area contributed by atoms with Gasteiger partial charge in [-0.15, -0.1) is 0 Å². The number of halogens is 1. The summed E-state index contributed by atoms with van der Waals surface area (Å²) in [6, 6.07) is 15.0. The van der Waals surface area contributed by atoms with Crippen LogP contribution in [0.2, 0.25) is 5.02 Å². The number of imidazole rings is 1. The van der Waals surface area contributed by atoms with Crippen LogP contribution in [0.1, 0.15) is 5.56 Å². The Balaban J connectivity index is 1.76. The molecule has 0 atom stereocenters. The molecule has 0 aliphatic carbocycles. The molecule has 4 aromatic rings. The topological polar surface area (TPSA) is 104 Å². The second-order valence-corrected chi connectivity index (χ2v) is 9.43. The third kappa shape index (κ3) is 4.15. The van der Waals surface area contributed by atoms with E-state index in [1.807, 2.05) is 31.2 Å². The van der Waals surface area contributed by atoms with Crippen LogP contribution in [-0.4, -0.2) is 28.2 Å². The van der Waals surface area contributed by atoms with Gasteiger partial charge in [-0.3, -0.25) is 4.72 Å². The summed E-state index contributed by atoms with van der Waals surface area (Å²) in [7, 11) is -2.55. The number of nitrogens with zero attached hydrogens (tertiary/aromatic N) is 2. The maximum Gasteiger partial charge on any atom is 0.265 e. The molecule has 0 radical (unpaired) electrons. The molecule has 3 N–H and O–H groups in total. The lowest BCUT2D eigenvalue weighted by Crippen LogP contribution is -2.14. The van der Waals surface area contributed by atoms with Crippen LogP contribution in [0, 0.1) is 6.92 Å². The fourth-order valence-corrected chi connectivity index (χ4v) is 4.86. The molecule has 0 aliphatic heterocycles. The van der Waals surface area contributed by atoms with E-state index in [2.05, 4.69) is 9.71 Å². The molecule has 0 spiro atoms. The van der Waals surface area contributed by atoms with Gasteiger partial charge < -0.3 is 14.8 Å². The van der Waals surface area contributed by atoms with Gasteiger partial charge in [-0.25, -0.2) is 13.4 Å². The first-order chi connectivity index (χ1) is 15.2. The maximum absolute atomic E-state index is 13.2. The van der Waals surface area contributed by atoms with Gasteiger partial charge in [-0.2, -0.15) is 0 Å². The molecular weight excluding hydrogens is 450 g/mol. The highest BCUT2D eigenvalue weighted by Gasteiger charge is 2.24. The predicted molar refractivity (Wildman–Crippen MR) is 124 cm³/mol. The minimum atomic E-state index is -4.30. The Hall–Kier alpha value is -3.49. The molecule has 32 heavy (non-hydrogen) atoms. The number of benzene rings is 3. The Morgan fingerprint density at radius 3 is 2.44 bits per heavy atom. The first kappa shape index (κ1) is 21.7. The molecule has 0 saturated heterocycles. The number of phenolic OH excluding ortho intramolecular Hbond substituents is 2. The van der Waals surface area contributed by atoms with E-state index in [0.29, 0.717) is 17.0 Å². The number of aromatic nitrogens is 2. The van der Waals surface area contributed by atoms with E-state index >= 15 is 0 Å². The van der Waals surface area contributed by atoms with Crippen molar-refractivity contribution < 1.29 is 18.6 Å². The molecule has 4 rings (SSSR count). The van der Waals surface area contributed by atoms with Crippen LogP contribution in [0.15, 0.2) is 71.9 Å². The largest absolute Gasteiger partial charge is 0.506 e. The molecule has 1 aromatic heterocycles. The second kappa shape index (κ2) is 8.22. The summed E-state index contributed by atoms with van der Waals surface area (Å²) in [5.41, 5.74) is 3.02. The lowest BCUT2D eigenvalue weighted by molar-refractivity contribution is 0.459. The maximum atomic E-state index is 13.2. The number of phenols is 2. The van der Waals surface area contributed by atoms with Gasteiger partial charge in [0, 0.05) is 25.0 Å². The molecule has 7 nitrogen and oxygen atoms in total. The van der Waals surface area contributed by atoms with E-state index in [9.17, 15) is 18.6 Å². The van der Waals surface area contributed by atoms with Crippen molar-refractivity contribution in [2.24, 2.45) is 7.05 Å². The Bertz CT molecular complexity index is 1430. The van der Waals surface area contributed by atoms with Crippen LogP contribution in [0.5, 0.6) is 11.5 Å². The van der Waals surface area contributed by atoms with Crippen LogP contribution in [0.3, 0.4) is 0 Å². The molecule has 164 valence electrons. The second-order valence-electron chi connectivity index (χ2n) is 7.37. The van der Waals surface area contributed by atoms with Crippen molar-refractivity contribution >= 4 is 27.3 Å². The van der Waals surface area contributed by atoms with Gasteiger partial charge in [0.25, 0.3) is 10.0 Å².